The standard InChI is InChI=1S/C29H26N2O3S/c1-17(2)22-15-23-20(14-27(32)34-26(23)13-19(22)4)16-35-29-30-24-11-7-6-10-21(24)28(33)31(29)25-12-8-5-9-18(25)3/h5-15,17H,16H2,1-4H3. The molecule has 0 saturated heterocycles. The molecule has 0 spiro atoms. The molecule has 0 N–H and O–H groups in total. The van der Waals surface area contributed by atoms with Gasteiger partial charge in [0, 0.05) is 17.2 Å². The minimum Gasteiger partial charge on any atom is -0.423 e. The van der Waals surface area contributed by atoms with E-state index < -0.39 is 0 Å². The summed E-state index contributed by atoms with van der Waals surface area (Å²) >= 11 is 1.45. The zero-order valence-electron chi connectivity index (χ0n) is 20.2. The molecule has 0 aliphatic heterocycles. The number of nitrogens with zero attached hydrogens (tertiary/aromatic N) is 2. The lowest BCUT2D eigenvalue weighted by Crippen LogP contribution is -2.22. The second-order valence-electron chi connectivity index (χ2n) is 9.08. The van der Waals surface area contributed by atoms with Crippen molar-refractivity contribution >= 4 is 33.6 Å². The van der Waals surface area contributed by atoms with E-state index in [1.807, 2.05) is 62.4 Å². The number of rotatable bonds is 5. The van der Waals surface area contributed by atoms with Crippen molar-refractivity contribution in [2.75, 3.05) is 0 Å². The van der Waals surface area contributed by atoms with Crippen LogP contribution in [0.2, 0.25) is 0 Å². The Balaban J connectivity index is 1.66. The third-order valence-corrected chi connectivity index (χ3v) is 7.28. The first-order chi connectivity index (χ1) is 16.8. The van der Waals surface area contributed by atoms with Gasteiger partial charge in [-0.25, -0.2) is 9.78 Å². The van der Waals surface area contributed by atoms with Gasteiger partial charge in [0.25, 0.3) is 5.56 Å². The lowest BCUT2D eigenvalue weighted by molar-refractivity contribution is 0.559. The molecule has 2 heterocycles. The van der Waals surface area contributed by atoms with Crippen molar-refractivity contribution in [2.45, 2.75) is 44.5 Å². The van der Waals surface area contributed by atoms with Crippen LogP contribution < -0.4 is 11.2 Å². The van der Waals surface area contributed by atoms with Crippen LogP contribution in [0.1, 0.15) is 42.0 Å². The second-order valence-corrected chi connectivity index (χ2v) is 10.0. The van der Waals surface area contributed by atoms with Gasteiger partial charge in [0.2, 0.25) is 0 Å². The fraction of sp³-hybridized carbons (Fsp3) is 0.207. The van der Waals surface area contributed by atoms with Crippen molar-refractivity contribution in [1.82, 2.24) is 9.55 Å². The summed E-state index contributed by atoms with van der Waals surface area (Å²) < 4.78 is 7.20. The number of para-hydroxylation sites is 2. The maximum Gasteiger partial charge on any atom is 0.336 e. The van der Waals surface area contributed by atoms with Gasteiger partial charge in [0.1, 0.15) is 5.58 Å². The number of benzene rings is 3. The van der Waals surface area contributed by atoms with Gasteiger partial charge in [0.05, 0.1) is 16.6 Å². The SMILES string of the molecule is Cc1cc2oc(=O)cc(CSc3nc4ccccc4c(=O)n3-c3ccccc3C)c2cc1C(C)C. The van der Waals surface area contributed by atoms with Crippen molar-refractivity contribution < 1.29 is 4.42 Å². The number of aromatic nitrogens is 2. The quantitative estimate of drug-likeness (QED) is 0.162. The van der Waals surface area contributed by atoms with Gasteiger partial charge in [-0.05, 0) is 72.4 Å². The molecule has 0 aliphatic carbocycles. The fourth-order valence-corrected chi connectivity index (χ4v) is 5.51. The Kier molecular flexibility index (Phi) is 6.07. The molecule has 0 amide bonds. The van der Waals surface area contributed by atoms with Crippen LogP contribution in [-0.4, -0.2) is 9.55 Å². The Morgan fingerprint density at radius 2 is 1.66 bits per heavy atom. The number of hydrogen-bond acceptors (Lipinski definition) is 5. The van der Waals surface area contributed by atoms with Crippen LogP contribution in [0.4, 0.5) is 0 Å². The van der Waals surface area contributed by atoms with Gasteiger partial charge in [-0.3, -0.25) is 9.36 Å². The molecule has 5 nitrogen and oxygen atoms in total. The highest BCUT2D eigenvalue weighted by Gasteiger charge is 2.17. The Labute approximate surface area is 207 Å². The predicted octanol–water partition coefficient (Wildman–Crippen LogP) is 6.52. The number of fused-ring (bicyclic) bond motifs is 2. The highest BCUT2D eigenvalue weighted by atomic mass is 32.2. The van der Waals surface area contributed by atoms with Crippen LogP contribution in [0.25, 0.3) is 27.6 Å². The first kappa shape index (κ1) is 23.1. The van der Waals surface area contributed by atoms with Gasteiger partial charge >= 0.3 is 5.63 Å². The smallest absolute Gasteiger partial charge is 0.336 e. The molecule has 2 aromatic heterocycles. The molecule has 0 unspecified atom stereocenters. The highest BCUT2D eigenvalue weighted by molar-refractivity contribution is 7.98. The van der Waals surface area contributed by atoms with E-state index in [9.17, 15) is 9.59 Å². The summed E-state index contributed by atoms with van der Waals surface area (Å²) in [5.74, 6) is 0.819. The number of thioether (sulfide) groups is 1. The van der Waals surface area contributed by atoms with Gasteiger partial charge < -0.3 is 4.42 Å². The minimum atomic E-state index is -0.382. The van der Waals surface area contributed by atoms with Crippen molar-refractivity contribution in [1.29, 1.82) is 0 Å². The summed E-state index contributed by atoms with van der Waals surface area (Å²) in [4.78, 5) is 30.8. The summed E-state index contributed by atoms with van der Waals surface area (Å²) in [5.41, 5.74) is 5.71. The van der Waals surface area contributed by atoms with Gasteiger partial charge in [-0.15, -0.1) is 0 Å². The van der Waals surface area contributed by atoms with Crippen molar-refractivity contribution in [3.8, 4) is 5.69 Å². The van der Waals surface area contributed by atoms with Crippen LogP contribution in [0.15, 0.2) is 85.9 Å². The van der Waals surface area contributed by atoms with E-state index in [1.54, 1.807) is 16.7 Å². The second kappa shape index (κ2) is 9.19. The average Bonchev–Trinajstić information content (AvgIpc) is 2.82. The predicted molar refractivity (Wildman–Crippen MR) is 143 cm³/mol. The van der Waals surface area contributed by atoms with Crippen molar-refractivity contribution in [3.05, 3.63) is 110 Å². The summed E-state index contributed by atoms with van der Waals surface area (Å²) in [5, 5.41) is 2.07. The van der Waals surface area contributed by atoms with E-state index in [0.29, 0.717) is 33.3 Å². The zero-order valence-corrected chi connectivity index (χ0v) is 21.0. The number of aryl methyl sites for hydroxylation is 2. The summed E-state index contributed by atoms with van der Waals surface area (Å²) in [6, 6.07) is 20.8. The molecule has 0 saturated carbocycles. The molecule has 35 heavy (non-hydrogen) atoms. The fourth-order valence-electron chi connectivity index (χ4n) is 4.51. The third-order valence-electron chi connectivity index (χ3n) is 6.30. The van der Waals surface area contributed by atoms with Crippen LogP contribution in [0.3, 0.4) is 0 Å². The summed E-state index contributed by atoms with van der Waals surface area (Å²) in [6.07, 6.45) is 0. The van der Waals surface area contributed by atoms with E-state index in [4.69, 9.17) is 9.40 Å². The van der Waals surface area contributed by atoms with E-state index in [1.165, 1.54) is 17.3 Å². The molecule has 5 rings (SSSR count). The summed E-state index contributed by atoms with van der Waals surface area (Å²) in [6.45, 7) is 8.33. The average molecular weight is 483 g/mol. The zero-order chi connectivity index (χ0) is 24.7. The highest BCUT2D eigenvalue weighted by Crippen LogP contribution is 2.31. The van der Waals surface area contributed by atoms with Crippen molar-refractivity contribution in [3.63, 3.8) is 0 Å². The molecule has 0 aliphatic rings. The molecule has 6 heteroatoms. The topological polar surface area (TPSA) is 65.1 Å². The van der Waals surface area contributed by atoms with Crippen LogP contribution >= 0.6 is 11.8 Å². The monoisotopic (exact) mass is 482 g/mol. The van der Waals surface area contributed by atoms with Gasteiger partial charge in [0.15, 0.2) is 5.16 Å². The third kappa shape index (κ3) is 4.30. The molecule has 0 fully saturated rings. The van der Waals surface area contributed by atoms with E-state index in [-0.39, 0.29) is 11.2 Å². The maximum absolute atomic E-state index is 13.6. The Morgan fingerprint density at radius 1 is 0.914 bits per heavy atom. The molecular weight excluding hydrogens is 456 g/mol. The first-order valence-corrected chi connectivity index (χ1v) is 12.6. The molecule has 0 radical (unpaired) electrons. The van der Waals surface area contributed by atoms with Crippen molar-refractivity contribution in [2.24, 2.45) is 0 Å². The normalized spacial score (nSPS) is 11.6. The minimum absolute atomic E-state index is 0.109. The molecule has 176 valence electrons. The molecule has 0 bridgehead atoms. The molecule has 0 atom stereocenters. The Bertz CT molecular complexity index is 1700. The van der Waals surface area contributed by atoms with Crippen LogP contribution in [-0.2, 0) is 5.75 Å². The molecule has 5 aromatic rings. The van der Waals surface area contributed by atoms with Gasteiger partial charge in [-0.1, -0.05) is 55.9 Å². The van der Waals surface area contributed by atoms with E-state index in [0.717, 1.165) is 27.8 Å². The number of hydrogen-bond donors (Lipinski definition) is 0. The van der Waals surface area contributed by atoms with E-state index in [2.05, 4.69) is 19.9 Å². The Morgan fingerprint density at radius 3 is 2.43 bits per heavy atom. The lowest BCUT2D eigenvalue weighted by Gasteiger charge is -2.16. The van der Waals surface area contributed by atoms with Crippen LogP contribution in [0, 0.1) is 13.8 Å². The maximum atomic E-state index is 13.6. The van der Waals surface area contributed by atoms with E-state index >= 15 is 0 Å². The first-order valence-electron chi connectivity index (χ1n) is 11.6. The molecular formula is C29H26N2O3S. The molecule has 3 aromatic carbocycles. The largest absolute Gasteiger partial charge is 0.423 e. The van der Waals surface area contributed by atoms with Crippen LogP contribution in [0.5, 0.6) is 0 Å². The Hall–Kier alpha value is -3.64. The lowest BCUT2D eigenvalue weighted by atomic mass is 9.95. The summed E-state index contributed by atoms with van der Waals surface area (Å²) in [7, 11) is 0. The van der Waals surface area contributed by atoms with Gasteiger partial charge in [-0.2, -0.15) is 0 Å².